The highest BCUT2D eigenvalue weighted by Gasteiger charge is 2.60. The zero-order valence-electron chi connectivity index (χ0n) is 23.0. The number of hydrogen-bond donors (Lipinski definition) is 3. The van der Waals surface area contributed by atoms with Crippen molar-refractivity contribution in [1.29, 1.82) is 0 Å². The van der Waals surface area contributed by atoms with Crippen LogP contribution in [0.1, 0.15) is 57.2 Å². The van der Waals surface area contributed by atoms with Crippen LogP contribution in [0.25, 0.3) is 10.9 Å². The van der Waals surface area contributed by atoms with Gasteiger partial charge in [0.05, 0.1) is 12.8 Å². The Morgan fingerprint density at radius 2 is 1.97 bits per heavy atom. The number of rotatable bonds is 9. The number of urea groups is 1. The maximum absolute atomic E-state index is 14.0. The minimum Gasteiger partial charge on any atom is -0.497 e. The van der Waals surface area contributed by atoms with E-state index in [-0.39, 0.29) is 11.9 Å². The van der Waals surface area contributed by atoms with Crippen molar-refractivity contribution in [3.63, 3.8) is 0 Å². The van der Waals surface area contributed by atoms with E-state index >= 15 is 0 Å². The molecule has 3 atom stereocenters. The van der Waals surface area contributed by atoms with Gasteiger partial charge >= 0.3 is 6.03 Å². The predicted octanol–water partition coefficient (Wildman–Crippen LogP) is 2.90. The Morgan fingerprint density at radius 3 is 2.67 bits per heavy atom. The SMILES string of the molecule is COc1ccc2[nH]c3c(c2c1)CCN1C(=O)N([C@@H](C)C(=O)N[C@@H](CCSC)C(=O)NC2CCCC2)C(=O)[C@]31C. The summed E-state index contributed by atoms with van der Waals surface area (Å²) in [5.41, 5.74) is 1.24. The third kappa shape index (κ3) is 4.64. The van der Waals surface area contributed by atoms with Crippen LogP contribution in [0, 0.1) is 0 Å². The Balaban J connectivity index is 1.37. The van der Waals surface area contributed by atoms with Crippen LogP contribution in [0.3, 0.4) is 0 Å². The van der Waals surface area contributed by atoms with Crippen molar-refractivity contribution in [3.05, 3.63) is 29.5 Å². The van der Waals surface area contributed by atoms with Crippen LogP contribution in [0.2, 0.25) is 0 Å². The van der Waals surface area contributed by atoms with E-state index < -0.39 is 35.5 Å². The second kappa shape index (κ2) is 10.7. The van der Waals surface area contributed by atoms with E-state index in [4.69, 9.17) is 4.74 Å². The molecule has 39 heavy (non-hydrogen) atoms. The number of methoxy groups -OCH3 is 1. The normalized spacial score (nSPS) is 22.6. The van der Waals surface area contributed by atoms with Crippen molar-refractivity contribution in [1.82, 2.24) is 25.4 Å². The molecule has 3 N–H and O–H groups in total. The molecular formula is C28H37N5O5S. The molecule has 10 nitrogen and oxygen atoms in total. The summed E-state index contributed by atoms with van der Waals surface area (Å²) in [5.74, 6) is 0.225. The number of hydrogen-bond acceptors (Lipinski definition) is 6. The molecule has 5 rings (SSSR count). The molecule has 2 aliphatic heterocycles. The molecular weight excluding hydrogens is 518 g/mol. The van der Waals surface area contributed by atoms with Crippen molar-refractivity contribution in [3.8, 4) is 5.75 Å². The van der Waals surface area contributed by atoms with Gasteiger partial charge in [0, 0.05) is 23.5 Å². The fourth-order valence-corrected chi connectivity index (χ4v) is 6.67. The molecule has 11 heteroatoms. The average Bonchev–Trinajstić information content (AvgIpc) is 3.62. The second-order valence-corrected chi connectivity index (χ2v) is 11.8. The van der Waals surface area contributed by atoms with E-state index in [1.54, 1.807) is 37.6 Å². The molecule has 2 aromatic rings. The number of amides is 5. The fraction of sp³-hybridized carbons (Fsp3) is 0.571. The van der Waals surface area contributed by atoms with Gasteiger partial charge in [-0.3, -0.25) is 14.4 Å². The van der Waals surface area contributed by atoms with Crippen LogP contribution in [0.4, 0.5) is 4.79 Å². The Labute approximate surface area is 232 Å². The molecule has 2 fully saturated rings. The summed E-state index contributed by atoms with van der Waals surface area (Å²) in [6.45, 7) is 3.63. The molecule has 0 spiro atoms. The van der Waals surface area contributed by atoms with Crippen molar-refractivity contribution in [2.24, 2.45) is 0 Å². The number of carbonyl (C=O) groups is 4. The van der Waals surface area contributed by atoms with Crippen molar-refractivity contribution in [2.45, 2.75) is 76.0 Å². The summed E-state index contributed by atoms with van der Waals surface area (Å²) in [4.78, 5) is 60.0. The van der Waals surface area contributed by atoms with Gasteiger partial charge in [-0.05, 0) is 75.3 Å². The first-order chi connectivity index (χ1) is 18.7. The molecule has 1 aliphatic carbocycles. The van der Waals surface area contributed by atoms with Crippen LogP contribution >= 0.6 is 11.8 Å². The van der Waals surface area contributed by atoms with Crippen molar-refractivity contribution < 1.29 is 23.9 Å². The molecule has 1 aromatic carbocycles. The number of carbonyl (C=O) groups excluding carboxylic acids is 4. The lowest BCUT2D eigenvalue weighted by atomic mass is 9.87. The number of nitrogens with zero attached hydrogens (tertiary/aromatic N) is 2. The third-order valence-corrected chi connectivity index (χ3v) is 9.15. The molecule has 3 aliphatic rings. The minimum absolute atomic E-state index is 0.131. The molecule has 0 bridgehead atoms. The van der Waals surface area contributed by atoms with Crippen molar-refractivity contribution >= 4 is 46.4 Å². The minimum atomic E-state index is -1.26. The number of benzene rings is 1. The predicted molar refractivity (Wildman–Crippen MR) is 150 cm³/mol. The first-order valence-electron chi connectivity index (χ1n) is 13.6. The second-order valence-electron chi connectivity index (χ2n) is 10.8. The van der Waals surface area contributed by atoms with Crippen LogP contribution in [-0.2, 0) is 26.3 Å². The van der Waals surface area contributed by atoms with Crippen LogP contribution in [0.15, 0.2) is 18.2 Å². The first kappa shape index (κ1) is 27.4. The number of thioether (sulfide) groups is 1. The van der Waals surface area contributed by atoms with Gasteiger partial charge in [0.2, 0.25) is 11.8 Å². The monoisotopic (exact) mass is 555 g/mol. The van der Waals surface area contributed by atoms with Crippen LogP contribution < -0.4 is 15.4 Å². The quantitative estimate of drug-likeness (QED) is 0.409. The first-order valence-corrected chi connectivity index (χ1v) is 15.0. The van der Waals surface area contributed by atoms with Gasteiger partial charge in [0.25, 0.3) is 5.91 Å². The number of ether oxygens (including phenoxy) is 1. The summed E-state index contributed by atoms with van der Waals surface area (Å²) in [6.07, 6.45) is 7.05. The molecule has 1 aromatic heterocycles. The maximum atomic E-state index is 14.0. The standard InChI is InChI=1S/C28H37N5O5S/c1-16(24(34)31-22(12-14-39-4)25(35)29-17-7-5-6-8-17)33-26(36)28(2)23-19(11-13-32(28)27(33)37)20-15-18(38-3)9-10-21(20)30-23/h9-10,15-17,22,30H,5-8,11-14H2,1-4H3,(H,29,35)(H,31,34)/t16-,22-,28-/m0/s1. The summed E-state index contributed by atoms with van der Waals surface area (Å²) in [7, 11) is 1.61. The molecule has 1 saturated carbocycles. The van der Waals surface area contributed by atoms with Gasteiger partial charge in [0.15, 0.2) is 5.54 Å². The van der Waals surface area contributed by atoms with Crippen molar-refractivity contribution in [2.75, 3.05) is 25.7 Å². The smallest absolute Gasteiger partial charge is 0.328 e. The molecule has 5 amide bonds. The van der Waals surface area contributed by atoms with Gasteiger partial charge in [-0.1, -0.05) is 12.8 Å². The van der Waals surface area contributed by atoms with Gasteiger partial charge in [-0.25, -0.2) is 9.69 Å². The lowest BCUT2D eigenvalue weighted by molar-refractivity contribution is -0.140. The number of nitrogens with one attached hydrogen (secondary N) is 3. The number of aromatic nitrogens is 1. The third-order valence-electron chi connectivity index (χ3n) is 8.51. The van der Waals surface area contributed by atoms with E-state index in [9.17, 15) is 19.2 Å². The molecule has 0 radical (unpaired) electrons. The molecule has 0 unspecified atom stereocenters. The topological polar surface area (TPSA) is 124 Å². The summed E-state index contributed by atoms with van der Waals surface area (Å²) >= 11 is 1.59. The van der Waals surface area contributed by atoms with E-state index in [1.807, 2.05) is 24.5 Å². The Bertz CT molecular complexity index is 1300. The van der Waals surface area contributed by atoms with E-state index in [0.29, 0.717) is 36.6 Å². The summed E-state index contributed by atoms with van der Waals surface area (Å²) in [5, 5.41) is 6.86. The molecule has 210 valence electrons. The summed E-state index contributed by atoms with van der Waals surface area (Å²) < 4.78 is 5.39. The number of fused-ring (bicyclic) bond motifs is 5. The van der Waals surface area contributed by atoms with Gasteiger partial charge in [-0.2, -0.15) is 11.8 Å². The Morgan fingerprint density at radius 1 is 1.23 bits per heavy atom. The largest absolute Gasteiger partial charge is 0.497 e. The lowest BCUT2D eigenvalue weighted by Gasteiger charge is -2.36. The fourth-order valence-electron chi connectivity index (χ4n) is 6.20. The van der Waals surface area contributed by atoms with Crippen LogP contribution in [-0.4, -0.2) is 82.3 Å². The zero-order chi connectivity index (χ0) is 27.9. The number of imide groups is 1. The van der Waals surface area contributed by atoms with Crippen LogP contribution in [0.5, 0.6) is 5.75 Å². The van der Waals surface area contributed by atoms with Gasteiger partial charge in [0.1, 0.15) is 17.8 Å². The molecule has 1 saturated heterocycles. The lowest BCUT2D eigenvalue weighted by Crippen LogP contribution is -2.55. The van der Waals surface area contributed by atoms with Gasteiger partial charge in [-0.15, -0.1) is 0 Å². The zero-order valence-corrected chi connectivity index (χ0v) is 23.8. The van der Waals surface area contributed by atoms with E-state index in [0.717, 1.165) is 47.0 Å². The average molecular weight is 556 g/mol. The van der Waals surface area contributed by atoms with E-state index in [2.05, 4.69) is 15.6 Å². The summed E-state index contributed by atoms with van der Waals surface area (Å²) in [6, 6.07) is 3.52. The number of aromatic amines is 1. The highest BCUT2D eigenvalue weighted by atomic mass is 32.2. The maximum Gasteiger partial charge on any atom is 0.328 e. The Hall–Kier alpha value is -3.21. The highest BCUT2D eigenvalue weighted by molar-refractivity contribution is 7.98. The van der Waals surface area contributed by atoms with Gasteiger partial charge < -0.3 is 25.3 Å². The highest BCUT2D eigenvalue weighted by Crippen LogP contribution is 2.45. The van der Waals surface area contributed by atoms with E-state index in [1.165, 1.54) is 0 Å². The molecule has 3 heterocycles. The number of H-pyrrole nitrogens is 1. The Kier molecular flexibility index (Phi) is 7.54.